The minimum atomic E-state index is -0.661. The number of halogens is 1. The predicted molar refractivity (Wildman–Crippen MR) is 99.6 cm³/mol. The first kappa shape index (κ1) is 18.2. The molecule has 0 unspecified atom stereocenters. The maximum Gasteiger partial charge on any atom is 0.149 e. The molecule has 1 aliphatic heterocycles. The summed E-state index contributed by atoms with van der Waals surface area (Å²) in [6, 6.07) is 7.40. The largest absolute Gasteiger partial charge is 0.314 e. The Morgan fingerprint density at radius 2 is 1.76 bits per heavy atom. The average molecular weight is 362 g/mol. The molecular formula is C19H24ClN3O2. The Morgan fingerprint density at radius 1 is 1.12 bits per heavy atom. The van der Waals surface area contributed by atoms with E-state index < -0.39 is 5.92 Å². The normalized spacial score (nSPS) is 25.6. The maximum atomic E-state index is 12.4. The number of rotatable bonds is 5. The number of hydrogen-bond acceptors (Lipinski definition) is 5. The van der Waals surface area contributed by atoms with Crippen LogP contribution in [-0.4, -0.2) is 61.9 Å². The van der Waals surface area contributed by atoms with E-state index in [0.29, 0.717) is 24.4 Å². The third-order valence-electron chi connectivity index (χ3n) is 4.94. The van der Waals surface area contributed by atoms with Gasteiger partial charge in [-0.05, 0) is 23.6 Å². The summed E-state index contributed by atoms with van der Waals surface area (Å²) < 4.78 is 0. The molecule has 2 fully saturated rings. The molecule has 25 heavy (non-hydrogen) atoms. The highest BCUT2D eigenvalue weighted by molar-refractivity contribution is 6.30. The molecule has 5 nitrogen and oxygen atoms in total. The monoisotopic (exact) mass is 361 g/mol. The van der Waals surface area contributed by atoms with E-state index in [2.05, 4.69) is 15.2 Å². The molecule has 134 valence electrons. The summed E-state index contributed by atoms with van der Waals surface area (Å²) >= 11 is 5.90. The zero-order valence-electron chi connectivity index (χ0n) is 14.3. The van der Waals surface area contributed by atoms with Gasteiger partial charge in [-0.1, -0.05) is 23.7 Å². The highest BCUT2D eigenvalue weighted by Gasteiger charge is 2.34. The van der Waals surface area contributed by atoms with Gasteiger partial charge in [-0.3, -0.25) is 19.5 Å². The van der Waals surface area contributed by atoms with Crippen LogP contribution >= 0.6 is 11.6 Å². The van der Waals surface area contributed by atoms with Crippen LogP contribution in [0, 0.1) is 5.92 Å². The van der Waals surface area contributed by atoms with Gasteiger partial charge in [0.1, 0.15) is 17.5 Å². The molecule has 1 N–H and O–H groups in total. The van der Waals surface area contributed by atoms with Crippen LogP contribution < -0.4 is 5.32 Å². The second kappa shape index (κ2) is 8.70. The molecule has 2 aliphatic rings. The van der Waals surface area contributed by atoms with Crippen LogP contribution in [0.3, 0.4) is 0 Å². The Bertz CT molecular complexity index is 621. The lowest BCUT2D eigenvalue weighted by Gasteiger charge is -2.26. The van der Waals surface area contributed by atoms with Gasteiger partial charge < -0.3 is 5.32 Å². The number of nitrogens with one attached hydrogen (secondary N) is 1. The second-order valence-corrected chi connectivity index (χ2v) is 7.15. The Morgan fingerprint density at radius 3 is 2.40 bits per heavy atom. The number of benzene rings is 1. The van der Waals surface area contributed by atoms with E-state index in [-0.39, 0.29) is 17.5 Å². The molecule has 1 saturated heterocycles. The van der Waals surface area contributed by atoms with Gasteiger partial charge in [0.15, 0.2) is 0 Å². The van der Waals surface area contributed by atoms with Crippen LogP contribution in [0.15, 0.2) is 29.3 Å². The van der Waals surface area contributed by atoms with Gasteiger partial charge in [0.25, 0.3) is 0 Å². The molecule has 0 aromatic heterocycles. The van der Waals surface area contributed by atoms with E-state index in [9.17, 15) is 9.59 Å². The van der Waals surface area contributed by atoms with Crippen LogP contribution in [0.4, 0.5) is 0 Å². The fourth-order valence-electron chi connectivity index (χ4n) is 3.44. The molecule has 1 aromatic carbocycles. The standard InChI is InChI=1S/C19H24ClN3O2/c20-16-3-1-14(2-4-16)15-11-18(24)17(19(25)12-15)13-22-7-10-23-8-5-21-6-9-23/h1-4,13,15,17,21H,5-12H2. The highest BCUT2D eigenvalue weighted by Crippen LogP contribution is 2.31. The van der Waals surface area contributed by atoms with Crippen LogP contribution in [0.25, 0.3) is 0 Å². The van der Waals surface area contributed by atoms with Crippen LogP contribution in [0.1, 0.15) is 24.3 Å². The number of carbonyl (C=O) groups is 2. The number of Topliss-reactive ketones (excluding diaryl/α,β-unsaturated/α-hetero) is 2. The third-order valence-corrected chi connectivity index (χ3v) is 5.19. The summed E-state index contributed by atoms with van der Waals surface area (Å²) in [4.78, 5) is 31.5. The molecule has 0 bridgehead atoms. The van der Waals surface area contributed by atoms with E-state index in [4.69, 9.17) is 11.6 Å². The zero-order valence-corrected chi connectivity index (χ0v) is 15.0. The molecule has 0 atom stereocenters. The molecule has 1 aromatic rings. The minimum absolute atomic E-state index is 0.0258. The molecule has 1 aliphatic carbocycles. The lowest BCUT2D eigenvalue weighted by atomic mass is 9.77. The van der Waals surface area contributed by atoms with Crippen LogP contribution in [-0.2, 0) is 9.59 Å². The topological polar surface area (TPSA) is 61.8 Å². The lowest BCUT2D eigenvalue weighted by Crippen LogP contribution is -2.44. The summed E-state index contributed by atoms with van der Waals surface area (Å²) in [6.07, 6.45) is 2.36. The Labute approximate surface area is 153 Å². The average Bonchev–Trinajstić information content (AvgIpc) is 2.62. The minimum Gasteiger partial charge on any atom is -0.314 e. The fourth-order valence-corrected chi connectivity index (χ4v) is 3.57. The van der Waals surface area contributed by atoms with Crippen molar-refractivity contribution in [2.45, 2.75) is 18.8 Å². The molecule has 1 heterocycles. The number of piperazine rings is 1. The Balaban J connectivity index is 1.51. The zero-order chi connectivity index (χ0) is 17.6. The smallest absolute Gasteiger partial charge is 0.149 e. The Hall–Kier alpha value is -1.56. The van der Waals surface area contributed by atoms with Crippen LogP contribution in [0.2, 0.25) is 5.02 Å². The fraction of sp³-hybridized carbons (Fsp3) is 0.526. The molecule has 0 spiro atoms. The summed E-state index contributed by atoms with van der Waals surface area (Å²) in [5.41, 5.74) is 1.00. The lowest BCUT2D eigenvalue weighted by molar-refractivity contribution is -0.133. The maximum absolute atomic E-state index is 12.4. The van der Waals surface area contributed by atoms with E-state index in [1.54, 1.807) is 18.3 Å². The predicted octanol–water partition coefficient (Wildman–Crippen LogP) is 1.95. The molecule has 0 radical (unpaired) electrons. The quantitative estimate of drug-likeness (QED) is 0.643. The van der Waals surface area contributed by atoms with Gasteiger partial charge in [0.2, 0.25) is 0 Å². The SMILES string of the molecule is O=C1CC(c2ccc(Cl)cc2)CC(=O)C1C=NCCN1CCNCC1. The molecule has 3 rings (SSSR count). The second-order valence-electron chi connectivity index (χ2n) is 6.71. The van der Waals surface area contributed by atoms with Gasteiger partial charge >= 0.3 is 0 Å². The first-order valence-corrected chi connectivity index (χ1v) is 9.25. The summed E-state index contributed by atoms with van der Waals surface area (Å²) in [5.74, 6) is -0.751. The van der Waals surface area contributed by atoms with Crippen molar-refractivity contribution in [1.82, 2.24) is 10.2 Å². The number of hydrogen-bond donors (Lipinski definition) is 1. The van der Waals surface area contributed by atoms with Crippen molar-refractivity contribution >= 4 is 29.4 Å². The van der Waals surface area contributed by atoms with Crippen molar-refractivity contribution < 1.29 is 9.59 Å². The summed E-state index contributed by atoms with van der Waals surface area (Å²) in [7, 11) is 0. The van der Waals surface area contributed by atoms with Crippen molar-refractivity contribution in [2.75, 3.05) is 39.3 Å². The Kier molecular flexibility index (Phi) is 6.34. The number of aliphatic imine (C=N–C) groups is 1. The van der Waals surface area contributed by atoms with Gasteiger partial charge in [-0.25, -0.2) is 0 Å². The van der Waals surface area contributed by atoms with Gasteiger partial charge in [0, 0.05) is 56.8 Å². The molecular weight excluding hydrogens is 338 g/mol. The first-order valence-electron chi connectivity index (χ1n) is 8.87. The van der Waals surface area contributed by atoms with Crippen molar-refractivity contribution in [3.05, 3.63) is 34.9 Å². The van der Waals surface area contributed by atoms with Gasteiger partial charge in [-0.2, -0.15) is 0 Å². The van der Waals surface area contributed by atoms with Crippen molar-refractivity contribution in [1.29, 1.82) is 0 Å². The summed E-state index contributed by atoms with van der Waals surface area (Å²) in [5, 5.41) is 3.97. The number of carbonyl (C=O) groups excluding carboxylic acids is 2. The summed E-state index contributed by atoms with van der Waals surface area (Å²) in [6.45, 7) is 5.59. The van der Waals surface area contributed by atoms with Crippen LogP contribution in [0.5, 0.6) is 0 Å². The van der Waals surface area contributed by atoms with Gasteiger partial charge in [-0.15, -0.1) is 0 Å². The van der Waals surface area contributed by atoms with Crippen molar-refractivity contribution in [3.63, 3.8) is 0 Å². The van der Waals surface area contributed by atoms with E-state index in [0.717, 1.165) is 38.3 Å². The van der Waals surface area contributed by atoms with E-state index >= 15 is 0 Å². The van der Waals surface area contributed by atoms with Crippen molar-refractivity contribution in [2.24, 2.45) is 10.9 Å². The van der Waals surface area contributed by atoms with E-state index in [1.165, 1.54) is 0 Å². The highest BCUT2D eigenvalue weighted by atomic mass is 35.5. The molecule has 1 saturated carbocycles. The number of nitrogens with zero attached hydrogens (tertiary/aromatic N) is 2. The van der Waals surface area contributed by atoms with E-state index in [1.807, 2.05) is 12.1 Å². The number of ketones is 2. The van der Waals surface area contributed by atoms with Gasteiger partial charge in [0.05, 0.1) is 6.54 Å². The molecule has 0 amide bonds. The third kappa shape index (κ3) is 4.97. The van der Waals surface area contributed by atoms with Crippen molar-refractivity contribution in [3.8, 4) is 0 Å². The molecule has 6 heteroatoms. The first-order chi connectivity index (χ1) is 12.1.